The average Bonchev–Trinajstić information content (AvgIpc) is 3.12. The molecular formula is C13H15F2N5O. The molecule has 1 aliphatic rings. The van der Waals surface area contributed by atoms with E-state index in [0.29, 0.717) is 11.2 Å². The van der Waals surface area contributed by atoms with Gasteiger partial charge in [0.25, 0.3) is 5.91 Å². The molecule has 1 unspecified atom stereocenters. The van der Waals surface area contributed by atoms with Crippen LogP contribution in [-0.2, 0) is 6.54 Å². The molecule has 0 spiro atoms. The highest BCUT2D eigenvalue weighted by atomic mass is 19.3. The van der Waals surface area contributed by atoms with Crippen molar-refractivity contribution in [2.75, 3.05) is 6.54 Å². The lowest BCUT2D eigenvalue weighted by Crippen LogP contribution is -2.32. The highest BCUT2D eigenvalue weighted by Gasteiger charge is 2.23. The molecule has 21 heavy (non-hydrogen) atoms. The van der Waals surface area contributed by atoms with Crippen LogP contribution in [0.25, 0.3) is 0 Å². The van der Waals surface area contributed by atoms with Crippen LogP contribution in [0.3, 0.4) is 0 Å². The van der Waals surface area contributed by atoms with Crippen molar-refractivity contribution in [2.45, 2.75) is 31.9 Å². The molecule has 3 rings (SSSR count). The van der Waals surface area contributed by atoms with Gasteiger partial charge >= 0.3 is 6.55 Å². The first-order valence-electron chi connectivity index (χ1n) is 6.77. The van der Waals surface area contributed by atoms with Crippen LogP contribution in [0.2, 0.25) is 0 Å². The molecule has 1 aliphatic heterocycles. The molecule has 0 saturated heterocycles. The molecule has 0 aliphatic carbocycles. The minimum atomic E-state index is -2.82. The van der Waals surface area contributed by atoms with Gasteiger partial charge in [-0.25, -0.2) is 4.98 Å². The van der Waals surface area contributed by atoms with Gasteiger partial charge in [-0.3, -0.25) is 4.79 Å². The van der Waals surface area contributed by atoms with E-state index in [0.717, 1.165) is 25.2 Å². The summed E-state index contributed by atoms with van der Waals surface area (Å²) in [4.78, 5) is 16.3. The molecule has 1 atom stereocenters. The van der Waals surface area contributed by atoms with Crippen molar-refractivity contribution in [3.8, 4) is 0 Å². The number of nitrogens with zero attached hydrogens (tertiary/aromatic N) is 4. The van der Waals surface area contributed by atoms with Crippen molar-refractivity contribution in [1.82, 2.24) is 24.6 Å². The molecule has 0 aromatic carbocycles. The highest BCUT2D eigenvalue weighted by molar-refractivity contribution is 5.92. The SMILES string of the molecule is O=C(NCC1CCCn2ccnc21)c1ccnn1C(F)F. The molecule has 6 nitrogen and oxygen atoms in total. The number of halogens is 2. The molecule has 0 fully saturated rings. The topological polar surface area (TPSA) is 64.7 Å². The zero-order chi connectivity index (χ0) is 14.8. The number of aryl methyl sites for hydroxylation is 1. The van der Waals surface area contributed by atoms with Gasteiger partial charge in [-0.05, 0) is 18.9 Å². The Hall–Kier alpha value is -2.25. The van der Waals surface area contributed by atoms with Gasteiger partial charge in [0.1, 0.15) is 11.5 Å². The van der Waals surface area contributed by atoms with Crippen molar-refractivity contribution >= 4 is 5.91 Å². The van der Waals surface area contributed by atoms with E-state index in [-0.39, 0.29) is 11.6 Å². The molecule has 0 saturated carbocycles. The quantitative estimate of drug-likeness (QED) is 0.935. The number of aromatic nitrogens is 4. The third-order valence-corrected chi connectivity index (χ3v) is 3.66. The van der Waals surface area contributed by atoms with Crippen molar-refractivity contribution < 1.29 is 13.6 Å². The Labute approximate surface area is 119 Å². The zero-order valence-corrected chi connectivity index (χ0v) is 11.2. The minimum Gasteiger partial charge on any atom is -0.350 e. The summed E-state index contributed by atoms with van der Waals surface area (Å²) in [6.07, 6.45) is 6.77. The molecule has 112 valence electrons. The second kappa shape index (κ2) is 5.63. The Morgan fingerprint density at radius 2 is 2.33 bits per heavy atom. The Bertz CT molecular complexity index is 636. The number of carbonyl (C=O) groups excluding carboxylic acids is 1. The van der Waals surface area contributed by atoms with Crippen LogP contribution in [0.4, 0.5) is 8.78 Å². The Balaban J connectivity index is 1.66. The second-order valence-corrected chi connectivity index (χ2v) is 4.97. The molecule has 2 aromatic heterocycles. The first-order valence-corrected chi connectivity index (χ1v) is 6.77. The van der Waals surface area contributed by atoms with E-state index >= 15 is 0 Å². The number of amides is 1. The van der Waals surface area contributed by atoms with Crippen molar-refractivity contribution in [1.29, 1.82) is 0 Å². The maximum atomic E-state index is 12.7. The number of hydrogen-bond acceptors (Lipinski definition) is 3. The average molecular weight is 295 g/mol. The van der Waals surface area contributed by atoms with Crippen molar-refractivity contribution in [2.24, 2.45) is 0 Å². The van der Waals surface area contributed by atoms with Crippen molar-refractivity contribution in [3.05, 3.63) is 36.2 Å². The van der Waals surface area contributed by atoms with Gasteiger partial charge in [0, 0.05) is 37.6 Å². The van der Waals surface area contributed by atoms with Gasteiger partial charge in [-0.2, -0.15) is 18.6 Å². The van der Waals surface area contributed by atoms with E-state index in [1.165, 1.54) is 12.3 Å². The van der Waals surface area contributed by atoms with Gasteiger partial charge in [-0.15, -0.1) is 0 Å². The summed E-state index contributed by atoms with van der Waals surface area (Å²) in [6, 6.07) is 1.28. The first kappa shape index (κ1) is 13.7. The monoisotopic (exact) mass is 295 g/mol. The first-order chi connectivity index (χ1) is 10.2. The molecule has 0 radical (unpaired) electrons. The smallest absolute Gasteiger partial charge is 0.333 e. The molecule has 3 heterocycles. The van der Waals surface area contributed by atoms with E-state index in [2.05, 4.69) is 20.0 Å². The summed E-state index contributed by atoms with van der Waals surface area (Å²) < 4.78 is 27.8. The Kier molecular flexibility index (Phi) is 3.68. The predicted octanol–water partition coefficient (Wildman–Crippen LogP) is 1.78. The van der Waals surface area contributed by atoms with E-state index < -0.39 is 12.5 Å². The van der Waals surface area contributed by atoms with Crippen molar-refractivity contribution in [3.63, 3.8) is 0 Å². The van der Waals surface area contributed by atoms with E-state index in [1.54, 1.807) is 6.20 Å². The van der Waals surface area contributed by atoms with Gasteiger partial charge in [0.2, 0.25) is 0 Å². The van der Waals surface area contributed by atoms with Crippen LogP contribution in [0.5, 0.6) is 0 Å². The normalized spacial score (nSPS) is 17.8. The number of hydrogen-bond donors (Lipinski definition) is 1. The van der Waals surface area contributed by atoms with E-state index in [9.17, 15) is 13.6 Å². The standard InChI is InChI=1S/C13H15F2N5O/c14-13(15)20-10(3-4-18-20)12(21)17-8-9-2-1-6-19-7-5-16-11(9)19/h3-5,7,9,13H,1-2,6,8H2,(H,17,21). The molecule has 1 N–H and O–H groups in total. The van der Waals surface area contributed by atoms with Crippen LogP contribution in [-0.4, -0.2) is 31.8 Å². The summed E-state index contributed by atoms with van der Waals surface area (Å²) in [7, 11) is 0. The third-order valence-electron chi connectivity index (χ3n) is 3.66. The second-order valence-electron chi connectivity index (χ2n) is 4.97. The van der Waals surface area contributed by atoms with Gasteiger partial charge < -0.3 is 9.88 Å². The summed E-state index contributed by atoms with van der Waals surface area (Å²) in [5.74, 6) is 0.501. The number of fused-ring (bicyclic) bond motifs is 1. The lowest BCUT2D eigenvalue weighted by atomic mass is 9.99. The summed E-state index contributed by atoms with van der Waals surface area (Å²) in [5.41, 5.74) is -0.135. The zero-order valence-electron chi connectivity index (χ0n) is 11.2. The van der Waals surface area contributed by atoms with Gasteiger partial charge in [0.05, 0.1) is 0 Å². The summed E-state index contributed by atoms with van der Waals surface area (Å²) in [6.45, 7) is -1.52. The molecule has 2 aromatic rings. The van der Waals surface area contributed by atoms with Crippen LogP contribution in [0, 0.1) is 0 Å². The Morgan fingerprint density at radius 1 is 1.48 bits per heavy atom. The Morgan fingerprint density at radius 3 is 3.14 bits per heavy atom. The maximum Gasteiger partial charge on any atom is 0.333 e. The predicted molar refractivity (Wildman–Crippen MR) is 70.0 cm³/mol. The van der Waals surface area contributed by atoms with Crippen LogP contribution >= 0.6 is 0 Å². The summed E-state index contributed by atoms with van der Waals surface area (Å²) in [5, 5.41) is 6.14. The number of imidazole rings is 1. The van der Waals surface area contributed by atoms with Gasteiger partial charge in [0.15, 0.2) is 0 Å². The third kappa shape index (κ3) is 2.65. The molecule has 1 amide bonds. The van der Waals surface area contributed by atoms with Crippen LogP contribution < -0.4 is 5.32 Å². The lowest BCUT2D eigenvalue weighted by Gasteiger charge is -2.23. The van der Waals surface area contributed by atoms with E-state index in [1.807, 2.05) is 6.20 Å². The molecular weight excluding hydrogens is 280 g/mol. The highest BCUT2D eigenvalue weighted by Crippen LogP contribution is 2.25. The molecule has 0 bridgehead atoms. The van der Waals surface area contributed by atoms with Crippen LogP contribution in [0.15, 0.2) is 24.7 Å². The van der Waals surface area contributed by atoms with E-state index in [4.69, 9.17) is 0 Å². The largest absolute Gasteiger partial charge is 0.350 e. The number of carbonyl (C=O) groups is 1. The lowest BCUT2D eigenvalue weighted by molar-refractivity contribution is 0.0509. The van der Waals surface area contributed by atoms with Gasteiger partial charge in [-0.1, -0.05) is 0 Å². The summed E-state index contributed by atoms with van der Waals surface area (Å²) >= 11 is 0. The number of alkyl halides is 2. The maximum absolute atomic E-state index is 12.7. The number of rotatable bonds is 4. The minimum absolute atomic E-state index is 0.112. The number of nitrogens with one attached hydrogen (secondary N) is 1. The molecule has 8 heteroatoms. The fourth-order valence-electron chi connectivity index (χ4n) is 2.66. The fraction of sp³-hybridized carbons (Fsp3) is 0.462. The van der Waals surface area contributed by atoms with Crippen LogP contribution in [0.1, 0.15) is 41.6 Å². The fourth-order valence-corrected chi connectivity index (χ4v) is 2.66.